The van der Waals surface area contributed by atoms with Gasteiger partial charge in [0.25, 0.3) is 5.91 Å². The van der Waals surface area contributed by atoms with E-state index in [1.165, 1.54) is 24.5 Å². The van der Waals surface area contributed by atoms with Crippen LogP contribution in [0.3, 0.4) is 0 Å². The first-order chi connectivity index (χ1) is 18.8. The van der Waals surface area contributed by atoms with Gasteiger partial charge in [-0.05, 0) is 46.0 Å². The van der Waals surface area contributed by atoms with Gasteiger partial charge in [0.2, 0.25) is 0 Å². The fraction of sp³-hybridized carbons (Fsp3) is 0.519. The molecule has 0 saturated heterocycles. The minimum absolute atomic E-state index is 0.00592. The van der Waals surface area contributed by atoms with Crippen molar-refractivity contribution in [2.24, 2.45) is 10.9 Å². The van der Waals surface area contributed by atoms with Crippen LogP contribution in [0.25, 0.3) is 0 Å². The number of nitrogens with one attached hydrogen (secondary N) is 4. The molecule has 13 heteroatoms. The first kappa shape index (κ1) is 36.3. The van der Waals surface area contributed by atoms with Crippen LogP contribution in [0, 0.1) is 11.3 Å². The maximum Gasteiger partial charge on any atom is 0.405 e. The lowest BCUT2D eigenvalue weighted by Gasteiger charge is -2.28. The van der Waals surface area contributed by atoms with Gasteiger partial charge in [-0.3, -0.25) is 10.2 Å². The lowest BCUT2D eigenvalue weighted by Crippen LogP contribution is -2.40. The number of pyridine rings is 1. The zero-order valence-electron chi connectivity index (χ0n) is 24.6. The number of aliphatic imine (C=N–C) groups is 1. The molecule has 1 aromatic rings. The third-order valence-corrected chi connectivity index (χ3v) is 5.20. The van der Waals surface area contributed by atoms with Crippen molar-refractivity contribution in [1.82, 2.24) is 25.4 Å². The number of amidine groups is 1. The quantitative estimate of drug-likeness (QED) is 0.117. The van der Waals surface area contributed by atoms with E-state index in [9.17, 15) is 22.8 Å². The third kappa shape index (κ3) is 13.9. The summed E-state index contributed by atoms with van der Waals surface area (Å²) in [5.41, 5.74) is 1.12. The molecule has 0 aliphatic rings. The highest BCUT2D eigenvalue weighted by atomic mass is 19.4. The van der Waals surface area contributed by atoms with Crippen LogP contribution in [0.15, 0.2) is 47.0 Å². The van der Waals surface area contributed by atoms with E-state index in [2.05, 4.69) is 25.9 Å². The molecule has 1 rings (SSSR count). The molecule has 0 spiro atoms. The summed E-state index contributed by atoms with van der Waals surface area (Å²) in [7, 11) is 7.15. The smallest absolute Gasteiger partial charge is 0.392 e. The van der Waals surface area contributed by atoms with E-state index in [-0.39, 0.29) is 29.0 Å². The summed E-state index contributed by atoms with van der Waals surface area (Å²) in [6, 6.07) is 2.99. The summed E-state index contributed by atoms with van der Waals surface area (Å²) in [5, 5.41) is 16.3. The molecule has 1 unspecified atom stereocenters. The van der Waals surface area contributed by atoms with E-state index in [4.69, 9.17) is 5.41 Å². The second-order valence-electron chi connectivity index (χ2n) is 8.83. The van der Waals surface area contributed by atoms with Crippen LogP contribution >= 0.6 is 0 Å². The average Bonchev–Trinajstić information content (AvgIpc) is 2.90. The summed E-state index contributed by atoms with van der Waals surface area (Å²) in [5.74, 6) is -0.519. The normalized spacial score (nSPS) is 13.2. The van der Waals surface area contributed by atoms with E-state index >= 15 is 0 Å². The molecule has 0 fully saturated rings. The summed E-state index contributed by atoms with van der Waals surface area (Å²) < 4.78 is 37.5. The summed E-state index contributed by atoms with van der Waals surface area (Å²) >= 11 is 0. The monoisotopic (exact) mass is 568 g/mol. The van der Waals surface area contributed by atoms with E-state index in [0.29, 0.717) is 30.8 Å². The minimum atomic E-state index is -4.39. The first-order valence-corrected chi connectivity index (χ1v) is 12.9. The number of nitrogens with zero attached hydrogens (tertiary/aromatic N) is 4. The Labute approximate surface area is 235 Å². The Morgan fingerprint density at radius 3 is 2.40 bits per heavy atom. The molecule has 40 heavy (non-hydrogen) atoms. The predicted octanol–water partition coefficient (Wildman–Crippen LogP) is 3.65. The van der Waals surface area contributed by atoms with Crippen molar-refractivity contribution in [3.05, 3.63) is 47.6 Å². The van der Waals surface area contributed by atoms with Crippen molar-refractivity contribution in [3.8, 4) is 0 Å². The van der Waals surface area contributed by atoms with Gasteiger partial charge in [0.15, 0.2) is 0 Å². The van der Waals surface area contributed by atoms with Gasteiger partial charge in [0.05, 0.1) is 5.70 Å². The predicted molar refractivity (Wildman–Crippen MR) is 154 cm³/mol. The molecule has 10 nitrogen and oxygen atoms in total. The zero-order valence-corrected chi connectivity index (χ0v) is 24.6. The van der Waals surface area contributed by atoms with Gasteiger partial charge < -0.3 is 30.5 Å². The van der Waals surface area contributed by atoms with Crippen molar-refractivity contribution in [2.45, 2.75) is 40.3 Å². The number of hydrogen-bond donors (Lipinski definition) is 4. The van der Waals surface area contributed by atoms with Crippen LogP contribution in [0.1, 0.15) is 39.7 Å². The van der Waals surface area contributed by atoms with Crippen LogP contribution in [-0.2, 0) is 9.59 Å². The number of hydrogen-bond acceptors (Lipinski definition) is 8. The molecule has 0 aliphatic heterocycles. The minimum Gasteiger partial charge on any atom is -0.392 e. The number of carbonyl (C=O) groups excluding carboxylic acids is 2. The Hall–Kier alpha value is -3.74. The number of halogens is 3. The zero-order chi connectivity index (χ0) is 30.9. The second kappa shape index (κ2) is 18.5. The van der Waals surface area contributed by atoms with Crippen LogP contribution < -0.4 is 16.0 Å². The Bertz CT molecular complexity index is 1050. The van der Waals surface area contributed by atoms with Crippen molar-refractivity contribution in [3.63, 3.8) is 0 Å². The van der Waals surface area contributed by atoms with E-state index in [0.717, 1.165) is 6.29 Å². The van der Waals surface area contributed by atoms with Crippen molar-refractivity contribution in [1.29, 1.82) is 5.41 Å². The lowest BCUT2D eigenvalue weighted by molar-refractivity contribution is -0.117. The Morgan fingerprint density at radius 2 is 1.88 bits per heavy atom. The molecule has 1 aromatic heterocycles. The fourth-order valence-electron chi connectivity index (χ4n) is 3.47. The highest BCUT2D eigenvalue weighted by Crippen LogP contribution is 2.17. The van der Waals surface area contributed by atoms with Crippen molar-refractivity contribution in [2.75, 3.05) is 53.1 Å². The van der Waals surface area contributed by atoms with Gasteiger partial charge in [-0.2, -0.15) is 13.2 Å². The van der Waals surface area contributed by atoms with Crippen LogP contribution in [0.2, 0.25) is 0 Å². The number of alkyl halides is 3. The van der Waals surface area contributed by atoms with Crippen molar-refractivity contribution >= 4 is 29.6 Å². The average molecular weight is 569 g/mol. The van der Waals surface area contributed by atoms with Gasteiger partial charge in [0, 0.05) is 57.3 Å². The highest BCUT2D eigenvalue weighted by molar-refractivity contribution is 6.06. The van der Waals surface area contributed by atoms with Crippen LogP contribution in [0.5, 0.6) is 0 Å². The molecule has 224 valence electrons. The molecule has 0 radical (unpaired) electrons. The summed E-state index contributed by atoms with van der Waals surface area (Å²) in [4.78, 5) is 36.0. The van der Waals surface area contributed by atoms with Gasteiger partial charge >= 0.3 is 6.18 Å². The molecule has 1 amide bonds. The second-order valence-corrected chi connectivity index (χ2v) is 8.83. The molecular formula is C27H43F3N8O2. The van der Waals surface area contributed by atoms with E-state index in [1.807, 2.05) is 32.8 Å². The molecule has 0 bridgehead atoms. The number of anilines is 1. The number of aldehydes is 1. The molecule has 1 heterocycles. The topological polar surface area (TPSA) is 126 Å². The standard InChI is InChI=1S/C25H37F3N8O2.C2H6/c1-7-20(33-17(2)19-8-10-31-22(12-19)32-16-25(26,27)28)24(38)34-21(13-30-3)23(29)36(6)15-18(9-11-37)14-35(4)5;1-2/h7-8,10-13,18,29-30H,9,14-16H2,1-6H3,(H,31,32)(H,34,38);1-2H3/b20-7-,21-13+,29-23?,33-17?;. The Balaban J connectivity index is 0.00000742. The SMILES string of the molecule is C/C=C(\N=C(C)c1ccnc(NCC(F)(F)F)c1)C(=O)N/C(=C/NC)C(=N)N(C)CC(CC=O)CN(C)C.CC. The molecule has 0 saturated carbocycles. The largest absolute Gasteiger partial charge is 0.405 e. The van der Waals surface area contributed by atoms with Crippen molar-refractivity contribution < 1.29 is 22.8 Å². The summed E-state index contributed by atoms with van der Waals surface area (Å²) in [6.45, 7) is 7.10. The van der Waals surface area contributed by atoms with E-state index < -0.39 is 18.6 Å². The number of amides is 1. The number of allylic oxidation sites excluding steroid dienone is 1. The molecule has 1 atom stereocenters. The van der Waals surface area contributed by atoms with E-state index in [1.54, 1.807) is 38.9 Å². The molecule has 0 aliphatic carbocycles. The van der Waals surface area contributed by atoms with Crippen LogP contribution in [-0.4, -0.2) is 92.5 Å². The lowest BCUT2D eigenvalue weighted by atomic mass is 10.1. The maximum atomic E-state index is 13.0. The van der Waals surface area contributed by atoms with Gasteiger partial charge in [0.1, 0.15) is 30.2 Å². The first-order valence-electron chi connectivity index (χ1n) is 12.9. The molecule has 0 aromatic carbocycles. The van der Waals surface area contributed by atoms with Gasteiger partial charge in [-0.15, -0.1) is 0 Å². The van der Waals surface area contributed by atoms with Gasteiger partial charge in [-0.1, -0.05) is 19.9 Å². The molecular weight excluding hydrogens is 525 g/mol. The highest BCUT2D eigenvalue weighted by Gasteiger charge is 2.27. The molecule has 4 N–H and O–H groups in total. The third-order valence-electron chi connectivity index (χ3n) is 5.20. The Kier molecular flexibility index (Phi) is 16.8. The number of likely N-dealkylation sites (N-methyl/N-ethyl adjacent to an activating group) is 1. The van der Waals surface area contributed by atoms with Gasteiger partial charge in [-0.25, -0.2) is 9.98 Å². The number of aromatic nitrogens is 1. The number of rotatable bonds is 14. The Morgan fingerprint density at radius 1 is 1.23 bits per heavy atom. The number of carbonyl (C=O) groups is 2. The summed E-state index contributed by atoms with van der Waals surface area (Å²) in [6.07, 6.45) is 1.12. The fourth-order valence-corrected chi connectivity index (χ4v) is 3.47. The maximum absolute atomic E-state index is 13.0. The van der Waals surface area contributed by atoms with Crippen LogP contribution in [0.4, 0.5) is 19.0 Å².